The first-order valence-corrected chi connectivity index (χ1v) is 10.4. The van der Waals surface area contributed by atoms with Gasteiger partial charge in [0.25, 0.3) is 0 Å². The second-order valence-electron chi connectivity index (χ2n) is 7.08. The van der Waals surface area contributed by atoms with E-state index in [0.717, 1.165) is 26.9 Å². The highest BCUT2D eigenvalue weighted by Crippen LogP contribution is 2.34. The Morgan fingerprint density at radius 1 is 1.07 bits per heavy atom. The molecular weight excluding hydrogens is 444 g/mol. The van der Waals surface area contributed by atoms with Gasteiger partial charge in [-0.15, -0.1) is 0 Å². The lowest BCUT2D eigenvalue weighted by Gasteiger charge is -2.31. The molecule has 0 amide bonds. The Morgan fingerprint density at radius 3 is 2.43 bits per heavy atom. The fourth-order valence-electron chi connectivity index (χ4n) is 3.60. The molecule has 1 aliphatic heterocycles. The maximum absolute atomic E-state index is 11.7. The van der Waals surface area contributed by atoms with Crippen molar-refractivity contribution < 1.29 is 14.6 Å². The van der Waals surface area contributed by atoms with Gasteiger partial charge in [0.1, 0.15) is 11.9 Å². The summed E-state index contributed by atoms with van der Waals surface area (Å²) in [5.74, 6) is -0.115. The van der Waals surface area contributed by atoms with Crippen LogP contribution in [0.4, 0.5) is 0 Å². The lowest BCUT2D eigenvalue weighted by Crippen LogP contribution is -2.33. The fraction of sp³-hybridized carbons (Fsp3) is 0.167. The van der Waals surface area contributed by atoms with Crippen LogP contribution >= 0.6 is 15.9 Å². The summed E-state index contributed by atoms with van der Waals surface area (Å²) in [5.41, 5.74) is 4.25. The van der Waals surface area contributed by atoms with Gasteiger partial charge in [0.2, 0.25) is 0 Å². The highest BCUT2D eigenvalue weighted by molar-refractivity contribution is 9.10. The van der Waals surface area contributed by atoms with E-state index in [9.17, 15) is 9.90 Å². The first-order valence-electron chi connectivity index (χ1n) is 9.60. The molecule has 152 valence electrons. The maximum atomic E-state index is 11.7. The Morgan fingerprint density at radius 2 is 1.77 bits per heavy atom. The summed E-state index contributed by atoms with van der Waals surface area (Å²) >= 11 is 3.48. The molecule has 0 aromatic heterocycles. The first-order chi connectivity index (χ1) is 14.5. The van der Waals surface area contributed by atoms with Gasteiger partial charge in [-0.05, 0) is 41.5 Å². The van der Waals surface area contributed by atoms with Crippen molar-refractivity contribution >= 4 is 27.6 Å². The SMILES string of the molecule is COC(=O)c1ccc([C@H]2N=C(c3ccc(Br)cc3)C[C@H](c3ccccc3O)N2)cc1. The number of halogens is 1. The van der Waals surface area contributed by atoms with Crippen molar-refractivity contribution in [1.29, 1.82) is 0 Å². The van der Waals surface area contributed by atoms with Gasteiger partial charge in [-0.1, -0.05) is 58.4 Å². The molecule has 0 unspecified atom stereocenters. The zero-order valence-corrected chi connectivity index (χ0v) is 18.0. The summed E-state index contributed by atoms with van der Waals surface area (Å²) in [6, 6.07) is 22.5. The number of aliphatic imine (C=N–C) groups is 1. The number of carbonyl (C=O) groups excluding carboxylic acids is 1. The number of benzene rings is 3. The van der Waals surface area contributed by atoms with Crippen LogP contribution in [0.15, 0.2) is 82.3 Å². The Labute approximate surface area is 183 Å². The molecule has 6 heteroatoms. The van der Waals surface area contributed by atoms with Crippen LogP contribution in [-0.2, 0) is 4.74 Å². The van der Waals surface area contributed by atoms with Crippen molar-refractivity contribution in [2.45, 2.75) is 18.6 Å². The number of hydrogen-bond donors (Lipinski definition) is 2. The molecule has 0 spiro atoms. The molecule has 0 radical (unpaired) electrons. The molecule has 0 fully saturated rings. The number of nitrogens with one attached hydrogen (secondary N) is 1. The van der Waals surface area contributed by atoms with Crippen molar-refractivity contribution in [3.05, 3.63) is 99.5 Å². The number of carbonyl (C=O) groups is 1. The Hall–Kier alpha value is -2.96. The summed E-state index contributed by atoms with van der Waals surface area (Å²) in [6.45, 7) is 0. The molecule has 0 saturated carbocycles. The van der Waals surface area contributed by atoms with E-state index >= 15 is 0 Å². The van der Waals surface area contributed by atoms with E-state index in [1.807, 2.05) is 54.6 Å². The van der Waals surface area contributed by atoms with E-state index in [4.69, 9.17) is 9.73 Å². The normalized spacial score (nSPS) is 18.5. The molecule has 30 heavy (non-hydrogen) atoms. The zero-order chi connectivity index (χ0) is 21.1. The number of phenols is 1. The zero-order valence-electron chi connectivity index (χ0n) is 16.4. The molecular formula is C24H21BrN2O3. The maximum Gasteiger partial charge on any atom is 0.337 e. The summed E-state index contributed by atoms with van der Waals surface area (Å²) in [6.07, 6.45) is 0.337. The first kappa shape index (κ1) is 20.3. The minimum atomic E-state index is -0.371. The quantitative estimate of drug-likeness (QED) is 0.522. The van der Waals surface area contributed by atoms with Crippen molar-refractivity contribution in [3.63, 3.8) is 0 Å². The number of nitrogens with zero attached hydrogens (tertiary/aromatic N) is 1. The topological polar surface area (TPSA) is 70.9 Å². The van der Waals surface area contributed by atoms with E-state index in [2.05, 4.69) is 21.2 Å². The van der Waals surface area contributed by atoms with E-state index in [1.54, 1.807) is 18.2 Å². The van der Waals surface area contributed by atoms with Gasteiger partial charge in [0, 0.05) is 28.2 Å². The summed E-state index contributed by atoms with van der Waals surface area (Å²) in [5, 5.41) is 13.9. The fourth-order valence-corrected chi connectivity index (χ4v) is 3.86. The molecule has 1 aliphatic rings. The molecule has 3 aromatic carbocycles. The third-order valence-corrected chi connectivity index (χ3v) is 5.71. The summed E-state index contributed by atoms with van der Waals surface area (Å²) in [4.78, 5) is 16.7. The average Bonchev–Trinajstić information content (AvgIpc) is 2.79. The molecule has 3 aromatic rings. The van der Waals surface area contributed by atoms with Crippen LogP contribution in [0.2, 0.25) is 0 Å². The predicted molar refractivity (Wildman–Crippen MR) is 120 cm³/mol. The number of rotatable bonds is 4. The van der Waals surface area contributed by atoms with Gasteiger partial charge in [-0.25, -0.2) is 4.79 Å². The molecule has 5 nitrogen and oxygen atoms in total. The van der Waals surface area contributed by atoms with Gasteiger partial charge >= 0.3 is 5.97 Å². The summed E-state index contributed by atoms with van der Waals surface area (Å²) in [7, 11) is 1.37. The van der Waals surface area contributed by atoms with Gasteiger partial charge in [0.05, 0.1) is 12.7 Å². The lowest BCUT2D eigenvalue weighted by atomic mass is 9.93. The van der Waals surface area contributed by atoms with E-state index in [1.165, 1.54) is 7.11 Å². The van der Waals surface area contributed by atoms with E-state index in [0.29, 0.717) is 12.0 Å². The second kappa shape index (κ2) is 8.81. The number of ether oxygens (including phenoxy) is 1. The van der Waals surface area contributed by atoms with Gasteiger partial charge in [-0.2, -0.15) is 0 Å². The number of hydrogen-bond acceptors (Lipinski definition) is 5. The van der Waals surface area contributed by atoms with Crippen molar-refractivity contribution in [1.82, 2.24) is 5.32 Å². The van der Waals surface area contributed by atoms with Gasteiger partial charge < -0.3 is 9.84 Å². The highest BCUT2D eigenvalue weighted by atomic mass is 79.9. The third-order valence-electron chi connectivity index (χ3n) is 5.18. The molecule has 0 aliphatic carbocycles. The number of esters is 1. The van der Waals surface area contributed by atoms with Crippen molar-refractivity contribution in [2.75, 3.05) is 7.11 Å². The minimum absolute atomic E-state index is 0.104. The Bertz CT molecular complexity index is 1080. The van der Waals surface area contributed by atoms with E-state index < -0.39 is 0 Å². The molecule has 2 atom stereocenters. The molecule has 4 rings (SSSR count). The second-order valence-corrected chi connectivity index (χ2v) is 8.00. The van der Waals surface area contributed by atoms with Crippen LogP contribution in [0.3, 0.4) is 0 Å². The van der Waals surface area contributed by atoms with Crippen LogP contribution in [0.25, 0.3) is 0 Å². The molecule has 1 heterocycles. The van der Waals surface area contributed by atoms with Gasteiger partial charge in [0.15, 0.2) is 0 Å². The number of methoxy groups -OCH3 is 1. The summed E-state index contributed by atoms with van der Waals surface area (Å²) < 4.78 is 5.79. The highest BCUT2D eigenvalue weighted by Gasteiger charge is 2.27. The molecule has 0 saturated heterocycles. The van der Waals surface area contributed by atoms with Gasteiger partial charge in [-0.3, -0.25) is 10.3 Å². The van der Waals surface area contributed by atoms with E-state index in [-0.39, 0.29) is 23.9 Å². The van der Waals surface area contributed by atoms with Crippen LogP contribution in [0.5, 0.6) is 5.75 Å². The predicted octanol–water partition coefficient (Wildman–Crippen LogP) is 5.16. The van der Waals surface area contributed by atoms with Crippen LogP contribution in [0.1, 0.15) is 45.7 Å². The number of para-hydroxylation sites is 1. The number of phenolic OH excluding ortho intramolecular Hbond substituents is 1. The standard InChI is InChI=1S/C24H21BrN2O3/c1-30-24(29)17-8-6-16(7-9-17)23-26-20(15-10-12-18(25)13-11-15)14-21(27-23)19-4-2-3-5-22(19)28/h2-13,21,23,27-28H,14H2,1H3/t21-,23+/m1/s1. The average molecular weight is 465 g/mol. The monoisotopic (exact) mass is 464 g/mol. The number of aromatic hydroxyl groups is 1. The van der Waals surface area contributed by atoms with Crippen molar-refractivity contribution in [2.24, 2.45) is 4.99 Å². The van der Waals surface area contributed by atoms with Crippen LogP contribution < -0.4 is 5.32 Å². The van der Waals surface area contributed by atoms with Crippen LogP contribution in [0, 0.1) is 0 Å². The molecule has 2 N–H and O–H groups in total. The largest absolute Gasteiger partial charge is 0.508 e. The third kappa shape index (κ3) is 4.30. The minimum Gasteiger partial charge on any atom is -0.508 e. The van der Waals surface area contributed by atoms with Crippen LogP contribution in [-0.4, -0.2) is 23.9 Å². The lowest BCUT2D eigenvalue weighted by molar-refractivity contribution is 0.0600. The Kier molecular flexibility index (Phi) is 5.97. The van der Waals surface area contributed by atoms with Crippen molar-refractivity contribution in [3.8, 4) is 5.75 Å². The smallest absolute Gasteiger partial charge is 0.337 e. The Balaban J connectivity index is 1.71. The molecule has 0 bridgehead atoms.